The first-order valence-corrected chi connectivity index (χ1v) is 4.34. The lowest BCUT2D eigenvalue weighted by atomic mass is 10.2. The molecule has 6 heteroatoms. The van der Waals surface area contributed by atoms with Gasteiger partial charge in [-0.1, -0.05) is 0 Å². The fourth-order valence-electron chi connectivity index (χ4n) is 1.74. The molecule has 0 N–H and O–H groups in total. The van der Waals surface area contributed by atoms with E-state index in [1.165, 1.54) is 11.7 Å². The topological polar surface area (TPSA) is 57.0 Å². The second-order valence-electron chi connectivity index (χ2n) is 3.11. The van der Waals surface area contributed by atoms with Gasteiger partial charge in [0.05, 0.1) is 7.11 Å². The maximum Gasteiger partial charge on any atom is 0.328 e. The molecule has 0 aromatic carbocycles. The molecule has 1 aliphatic rings. The van der Waals surface area contributed by atoms with Gasteiger partial charge in [0.2, 0.25) is 0 Å². The molecule has 1 aromatic heterocycles. The normalized spacial score (nSPS) is 19.4. The minimum Gasteiger partial charge on any atom is -0.467 e. The van der Waals surface area contributed by atoms with Gasteiger partial charge in [0.25, 0.3) is 0 Å². The average Bonchev–Trinajstić information content (AvgIpc) is 2.76. The number of hydrogen-bond acceptors (Lipinski definition) is 4. The van der Waals surface area contributed by atoms with E-state index in [-0.39, 0.29) is 11.8 Å². The SMILES string of the molecule is COC(=O)[C@@H]1CCc2nnc(CF)n21. The van der Waals surface area contributed by atoms with Gasteiger partial charge in [-0.2, -0.15) is 0 Å². The third kappa shape index (κ3) is 1.18. The Labute approximate surface area is 79.9 Å². The second kappa shape index (κ2) is 3.36. The highest BCUT2D eigenvalue weighted by atomic mass is 19.1. The average molecular weight is 199 g/mol. The van der Waals surface area contributed by atoms with Gasteiger partial charge in [-0.15, -0.1) is 10.2 Å². The van der Waals surface area contributed by atoms with E-state index in [4.69, 9.17) is 0 Å². The first kappa shape index (κ1) is 9.11. The molecule has 14 heavy (non-hydrogen) atoms. The van der Waals surface area contributed by atoms with Crippen LogP contribution in [-0.4, -0.2) is 27.8 Å². The summed E-state index contributed by atoms with van der Waals surface area (Å²) < 4.78 is 18.6. The minimum absolute atomic E-state index is 0.202. The van der Waals surface area contributed by atoms with Crippen LogP contribution in [0.25, 0.3) is 0 Å². The van der Waals surface area contributed by atoms with E-state index in [9.17, 15) is 9.18 Å². The number of nitrogens with zero attached hydrogens (tertiary/aromatic N) is 3. The lowest BCUT2D eigenvalue weighted by molar-refractivity contribution is -0.144. The zero-order valence-corrected chi connectivity index (χ0v) is 7.73. The zero-order valence-electron chi connectivity index (χ0n) is 7.73. The standard InChI is InChI=1S/C8H10FN3O2/c1-14-8(13)5-2-3-6-10-11-7(4-9)12(5)6/h5H,2-4H2,1H3/t5-/m0/s1. The summed E-state index contributed by atoms with van der Waals surface area (Å²) >= 11 is 0. The monoisotopic (exact) mass is 199 g/mol. The second-order valence-corrected chi connectivity index (χ2v) is 3.11. The maximum atomic E-state index is 12.5. The third-order valence-electron chi connectivity index (χ3n) is 2.38. The fourth-order valence-corrected chi connectivity index (χ4v) is 1.74. The van der Waals surface area contributed by atoms with Crippen LogP contribution < -0.4 is 0 Å². The molecular weight excluding hydrogens is 189 g/mol. The van der Waals surface area contributed by atoms with Crippen LogP contribution >= 0.6 is 0 Å². The van der Waals surface area contributed by atoms with Crippen LogP contribution in [0.1, 0.15) is 24.1 Å². The van der Waals surface area contributed by atoms with Crippen LogP contribution in [0.15, 0.2) is 0 Å². The summed E-state index contributed by atoms with van der Waals surface area (Å²) in [6, 6.07) is -0.448. The highest BCUT2D eigenvalue weighted by Crippen LogP contribution is 2.27. The highest BCUT2D eigenvalue weighted by Gasteiger charge is 2.32. The van der Waals surface area contributed by atoms with Crippen LogP contribution in [-0.2, 0) is 22.6 Å². The number of rotatable bonds is 2. The van der Waals surface area contributed by atoms with Gasteiger partial charge in [0.15, 0.2) is 5.82 Å². The number of aryl methyl sites for hydroxylation is 1. The number of aromatic nitrogens is 3. The van der Waals surface area contributed by atoms with Crippen molar-refractivity contribution in [3.05, 3.63) is 11.6 Å². The van der Waals surface area contributed by atoms with Crippen LogP contribution in [0.3, 0.4) is 0 Å². The number of esters is 1. The van der Waals surface area contributed by atoms with E-state index in [2.05, 4.69) is 14.9 Å². The maximum absolute atomic E-state index is 12.5. The predicted molar refractivity (Wildman–Crippen MR) is 44.2 cm³/mol. The molecule has 0 unspecified atom stereocenters. The molecule has 1 atom stereocenters. The quantitative estimate of drug-likeness (QED) is 0.647. The molecule has 0 amide bonds. The molecule has 5 nitrogen and oxygen atoms in total. The van der Waals surface area contributed by atoms with Crippen LogP contribution in [0.5, 0.6) is 0 Å². The summed E-state index contributed by atoms with van der Waals surface area (Å²) in [5.74, 6) is 0.499. The molecular formula is C8H10FN3O2. The highest BCUT2D eigenvalue weighted by molar-refractivity contribution is 5.74. The van der Waals surface area contributed by atoms with E-state index in [0.29, 0.717) is 18.7 Å². The molecule has 2 rings (SSSR count). The third-order valence-corrected chi connectivity index (χ3v) is 2.38. The number of ether oxygens (including phenoxy) is 1. The van der Waals surface area contributed by atoms with Gasteiger partial charge in [0, 0.05) is 6.42 Å². The summed E-state index contributed by atoms with van der Waals surface area (Å²) in [4.78, 5) is 11.3. The number of carbonyl (C=O) groups is 1. The van der Waals surface area contributed by atoms with Crippen molar-refractivity contribution in [1.29, 1.82) is 0 Å². The Morgan fingerprint density at radius 2 is 2.50 bits per heavy atom. The van der Waals surface area contributed by atoms with Gasteiger partial charge in [-0.25, -0.2) is 9.18 Å². The summed E-state index contributed by atoms with van der Waals surface area (Å²) in [5.41, 5.74) is 0. The van der Waals surface area contributed by atoms with Gasteiger partial charge in [-0.05, 0) is 6.42 Å². The number of alkyl halides is 1. The van der Waals surface area contributed by atoms with Crippen LogP contribution in [0, 0.1) is 0 Å². The first-order valence-electron chi connectivity index (χ1n) is 4.34. The van der Waals surface area contributed by atoms with Crippen molar-refractivity contribution < 1.29 is 13.9 Å². The van der Waals surface area contributed by atoms with Crippen molar-refractivity contribution in [2.75, 3.05) is 7.11 Å². The van der Waals surface area contributed by atoms with Gasteiger partial charge < -0.3 is 4.74 Å². The summed E-state index contributed by atoms with van der Waals surface area (Å²) in [7, 11) is 1.32. The lowest BCUT2D eigenvalue weighted by Crippen LogP contribution is -2.19. The van der Waals surface area contributed by atoms with Crippen LogP contribution in [0.4, 0.5) is 4.39 Å². The number of hydrogen-bond donors (Lipinski definition) is 0. The van der Waals surface area contributed by atoms with E-state index >= 15 is 0 Å². The van der Waals surface area contributed by atoms with Crippen molar-refractivity contribution >= 4 is 5.97 Å². The summed E-state index contributed by atoms with van der Waals surface area (Å²) in [6.45, 7) is -0.708. The Hall–Kier alpha value is -1.46. The van der Waals surface area contributed by atoms with E-state index in [1.807, 2.05) is 0 Å². The summed E-state index contributed by atoms with van der Waals surface area (Å²) in [6.07, 6.45) is 1.26. The van der Waals surface area contributed by atoms with Crippen molar-refractivity contribution in [2.45, 2.75) is 25.6 Å². The Morgan fingerprint density at radius 1 is 1.71 bits per heavy atom. The number of methoxy groups -OCH3 is 1. The van der Waals surface area contributed by atoms with Gasteiger partial charge in [-0.3, -0.25) is 4.57 Å². The van der Waals surface area contributed by atoms with E-state index < -0.39 is 12.7 Å². The van der Waals surface area contributed by atoms with Crippen molar-refractivity contribution in [3.63, 3.8) is 0 Å². The fraction of sp³-hybridized carbons (Fsp3) is 0.625. The lowest BCUT2D eigenvalue weighted by Gasteiger charge is -2.10. The Morgan fingerprint density at radius 3 is 3.14 bits per heavy atom. The molecule has 76 valence electrons. The Kier molecular flexibility index (Phi) is 2.18. The molecule has 0 saturated carbocycles. The summed E-state index contributed by atoms with van der Waals surface area (Å²) in [5, 5.41) is 7.45. The van der Waals surface area contributed by atoms with E-state index in [1.54, 1.807) is 0 Å². The molecule has 0 spiro atoms. The Balaban J connectivity index is 2.36. The number of fused-ring (bicyclic) bond motifs is 1. The Bertz CT molecular complexity index is 363. The smallest absolute Gasteiger partial charge is 0.328 e. The number of carbonyl (C=O) groups excluding carboxylic acids is 1. The van der Waals surface area contributed by atoms with Crippen LogP contribution in [0.2, 0.25) is 0 Å². The first-order chi connectivity index (χ1) is 6.77. The zero-order chi connectivity index (χ0) is 10.1. The predicted octanol–water partition coefficient (Wildman–Crippen LogP) is 0.408. The molecule has 0 aliphatic carbocycles. The van der Waals surface area contributed by atoms with E-state index in [0.717, 1.165) is 0 Å². The minimum atomic E-state index is -0.708. The molecule has 1 aromatic rings. The molecule has 0 saturated heterocycles. The van der Waals surface area contributed by atoms with Crippen molar-refractivity contribution in [3.8, 4) is 0 Å². The number of halogens is 1. The van der Waals surface area contributed by atoms with Gasteiger partial charge >= 0.3 is 5.97 Å². The largest absolute Gasteiger partial charge is 0.467 e. The molecule has 1 aliphatic heterocycles. The molecule has 0 radical (unpaired) electrons. The molecule has 0 fully saturated rings. The molecule has 2 heterocycles. The van der Waals surface area contributed by atoms with Crippen molar-refractivity contribution in [2.24, 2.45) is 0 Å². The molecule has 0 bridgehead atoms. The van der Waals surface area contributed by atoms with Crippen molar-refractivity contribution in [1.82, 2.24) is 14.8 Å². The van der Waals surface area contributed by atoms with Gasteiger partial charge in [0.1, 0.15) is 18.5 Å².